The van der Waals surface area contributed by atoms with Crippen LogP contribution in [0.1, 0.15) is 31.7 Å². The van der Waals surface area contributed by atoms with Crippen LogP contribution < -0.4 is 11.2 Å². The molecular weight excluding hydrogens is 440 g/mol. The number of carbonyl (C=O) groups excluding carboxylic acids is 1. The summed E-state index contributed by atoms with van der Waals surface area (Å²) in [5.74, 6) is -0.252. The number of esters is 1. The molecule has 2 heterocycles. The first-order chi connectivity index (χ1) is 14.8. The van der Waals surface area contributed by atoms with Crippen LogP contribution >= 0.6 is 23.4 Å². The third-order valence-electron chi connectivity index (χ3n) is 4.90. The lowest BCUT2D eigenvalue weighted by Gasteiger charge is -2.09. The van der Waals surface area contributed by atoms with Gasteiger partial charge in [-0.15, -0.1) is 0 Å². The van der Waals surface area contributed by atoms with Crippen molar-refractivity contribution in [2.45, 2.75) is 37.9 Å². The van der Waals surface area contributed by atoms with Crippen molar-refractivity contribution in [3.8, 4) is 0 Å². The first-order valence-electron chi connectivity index (χ1n) is 10.0. The fourth-order valence-corrected chi connectivity index (χ4v) is 4.06. The number of thioether (sulfide) groups is 1. The van der Waals surface area contributed by atoms with Crippen LogP contribution in [0.4, 0.5) is 0 Å². The topological polar surface area (TPSA) is 88.1 Å². The third kappa shape index (κ3) is 5.22. The lowest BCUT2D eigenvalue weighted by Crippen LogP contribution is -2.39. The molecule has 0 aliphatic heterocycles. The van der Waals surface area contributed by atoms with Gasteiger partial charge in [-0.25, -0.2) is 9.78 Å². The van der Waals surface area contributed by atoms with Crippen LogP contribution in [0.2, 0.25) is 5.02 Å². The first kappa shape index (κ1) is 23.1. The first-order valence-corrected chi connectivity index (χ1v) is 11.4. The Kier molecular flexibility index (Phi) is 7.61. The highest BCUT2D eigenvalue weighted by Gasteiger charge is 2.19. The molecule has 31 heavy (non-hydrogen) atoms. The van der Waals surface area contributed by atoms with Crippen molar-refractivity contribution in [3.05, 3.63) is 55.7 Å². The van der Waals surface area contributed by atoms with E-state index in [1.54, 1.807) is 42.9 Å². The van der Waals surface area contributed by atoms with Crippen LogP contribution in [-0.4, -0.2) is 37.0 Å². The van der Waals surface area contributed by atoms with E-state index in [0.29, 0.717) is 22.3 Å². The smallest absolute Gasteiger partial charge is 0.332 e. The summed E-state index contributed by atoms with van der Waals surface area (Å²) in [5, 5.41) is 1.05. The molecule has 0 N–H and O–H groups in total. The van der Waals surface area contributed by atoms with Gasteiger partial charge in [0.1, 0.15) is 0 Å². The zero-order valence-electron chi connectivity index (χ0n) is 17.8. The molecule has 3 rings (SSSR count). The van der Waals surface area contributed by atoms with Crippen LogP contribution in [0, 0.1) is 0 Å². The Labute approximate surface area is 188 Å². The molecule has 0 fully saturated rings. The molecule has 0 amide bonds. The van der Waals surface area contributed by atoms with Crippen LogP contribution in [0.3, 0.4) is 0 Å². The summed E-state index contributed by atoms with van der Waals surface area (Å²) in [6.45, 7) is 2.61. The van der Waals surface area contributed by atoms with E-state index >= 15 is 0 Å². The number of aromatic nitrogens is 4. The number of ether oxygens (including phenoxy) is 1. The maximum Gasteiger partial charge on any atom is 0.332 e. The van der Waals surface area contributed by atoms with Crippen LogP contribution in [-0.2, 0) is 30.2 Å². The second-order valence-electron chi connectivity index (χ2n) is 7.20. The minimum atomic E-state index is -0.461. The molecule has 10 heteroatoms. The molecule has 0 saturated carbocycles. The normalized spacial score (nSPS) is 11.2. The van der Waals surface area contributed by atoms with E-state index in [9.17, 15) is 14.4 Å². The molecule has 2 aromatic heterocycles. The highest BCUT2D eigenvalue weighted by atomic mass is 35.5. The quantitative estimate of drug-likeness (QED) is 0.275. The summed E-state index contributed by atoms with van der Waals surface area (Å²) >= 11 is 7.10. The van der Waals surface area contributed by atoms with E-state index in [1.807, 2.05) is 0 Å². The van der Waals surface area contributed by atoms with Gasteiger partial charge in [0.2, 0.25) is 0 Å². The minimum absolute atomic E-state index is 0.0796. The second kappa shape index (κ2) is 10.2. The van der Waals surface area contributed by atoms with Gasteiger partial charge >= 0.3 is 11.7 Å². The molecular formula is C21H25ClN4O4S. The van der Waals surface area contributed by atoms with Crippen LogP contribution in [0.5, 0.6) is 0 Å². The number of unbranched alkanes of at least 4 members (excludes halogenated alkanes) is 2. The number of nitrogens with zero attached hydrogens (tertiary/aromatic N) is 4. The average Bonchev–Trinajstić information content (AvgIpc) is 3.09. The second-order valence-corrected chi connectivity index (χ2v) is 8.58. The van der Waals surface area contributed by atoms with E-state index in [0.717, 1.165) is 24.8 Å². The molecule has 0 spiro atoms. The summed E-state index contributed by atoms with van der Waals surface area (Å²) < 4.78 is 9.35. The van der Waals surface area contributed by atoms with Crippen molar-refractivity contribution in [1.82, 2.24) is 18.7 Å². The van der Waals surface area contributed by atoms with E-state index in [2.05, 4.69) is 11.9 Å². The summed E-state index contributed by atoms with van der Waals surface area (Å²) in [4.78, 5) is 42.3. The molecule has 0 unspecified atom stereocenters. The minimum Gasteiger partial charge on any atom is -0.465 e. The van der Waals surface area contributed by atoms with Gasteiger partial charge in [0.15, 0.2) is 16.3 Å². The van der Waals surface area contributed by atoms with Crippen molar-refractivity contribution in [2.24, 2.45) is 14.1 Å². The molecule has 0 aliphatic rings. The monoisotopic (exact) mass is 464 g/mol. The van der Waals surface area contributed by atoms with E-state index < -0.39 is 11.2 Å². The zero-order valence-corrected chi connectivity index (χ0v) is 19.3. The molecule has 0 bridgehead atoms. The maximum absolute atomic E-state index is 13.1. The van der Waals surface area contributed by atoms with Crippen LogP contribution in [0.15, 0.2) is 39.0 Å². The van der Waals surface area contributed by atoms with Crippen molar-refractivity contribution in [1.29, 1.82) is 0 Å². The molecule has 3 aromatic rings. The predicted molar refractivity (Wildman–Crippen MR) is 122 cm³/mol. The molecule has 166 valence electrons. The lowest BCUT2D eigenvalue weighted by molar-refractivity contribution is -0.140. The highest BCUT2D eigenvalue weighted by molar-refractivity contribution is 7.99. The fourth-order valence-electron chi connectivity index (χ4n) is 3.17. The van der Waals surface area contributed by atoms with Gasteiger partial charge in [0.05, 0.1) is 18.9 Å². The number of aryl methyl sites for hydroxylation is 2. The van der Waals surface area contributed by atoms with E-state index in [-0.39, 0.29) is 23.9 Å². The number of halogens is 1. The van der Waals surface area contributed by atoms with E-state index in [1.165, 1.54) is 20.9 Å². The Balaban J connectivity index is 1.86. The number of fused-ring (bicyclic) bond motifs is 1. The Morgan fingerprint density at radius 3 is 2.52 bits per heavy atom. The maximum atomic E-state index is 13.1. The largest absolute Gasteiger partial charge is 0.465 e. The Hall–Kier alpha value is -2.52. The highest BCUT2D eigenvalue weighted by Crippen LogP contribution is 2.20. The summed E-state index contributed by atoms with van der Waals surface area (Å²) in [6.07, 6.45) is 2.91. The van der Waals surface area contributed by atoms with Crippen molar-refractivity contribution in [2.75, 3.05) is 12.4 Å². The molecule has 0 saturated heterocycles. The Morgan fingerprint density at radius 2 is 1.84 bits per heavy atom. The molecule has 0 radical (unpaired) electrons. The summed E-state index contributed by atoms with van der Waals surface area (Å²) in [5.41, 5.74) is 0.471. The number of hydrogen-bond donors (Lipinski definition) is 0. The van der Waals surface area contributed by atoms with Gasteiger partial charge in [0, 0.05) is 19.1 Å². The summed E-state index contributed by atoms with van der Waals surface area (Å²) in [6, 6.07) is 6.97. The molecule has 1 aromatic carbocycles. The molecule has 0 aliphatic carbocycles. The number of rotatable bonds is 9. The van der Waals surface area contributed by atoms with Crippen molar-refractivity contribution >= 4 is 40.5 Å². The fraction of sp³-hybridized carbons (Fsp3) is 0.429. The van der Waals surface area contributed by atoms with Crippen LogP contribution in [0.25, 0.3) is 11.2 Å². The summed E-state index contributed by atoms with van der Waals surface area (Å²) in [7, 11) is 3.27. The van der Waals surface area contributed by atoms with Gasteiger partial charge in [0.25, 0.3) is 5.56 Å². The molecule has 0 atom stereocenters. The zero-order chi connectivity index (χ0) is 22.5. The van der Waals surface area contributed by atoms with Crippen molar-refractivity contribution in [3.63, 3.8) is 0 Å². The number of hydrogen-bond acceptors (Lipinski definition) is 6. The predicted octanol–water partition coefficient (Wildman–Crippen LogP) is 2.96. The Bertz CT molecular complexity index is 1200. The van der Waals surface area contributed by atoms with E-state index in [4.69, 9.17) is 16.3 Å². The van der Waals surface area contributed by atoms with Gasteiger partial charge < -0.3 is 9.30 Å². The van der Waals surface area contributed by atoms with Gasteiger partial charge in [-0.2, -0.15) is 0 Å². The third-order valence-corrected chi connectivity index (χ3v) is 6.16. The van der Waals surface area contributed by atoms with Gasteiger partial charge in [-0.05, 0) is 24.1 Å². The number of imidazole rings is 1. The standard InChI is InChI=1S/C21H25ClN4O4S/c1-4-5-6-11-30-16(27)13-31-20-23-18-17(24(20)2)19(28)26(21(29)25(18)3)12-14-7-9-15(22)10-8-14/h7-10H,4-6,11-13H2,1-3H3. The number of benzene rings is 1. The van der Waals surface area contributed by atoms with Gasteiger partial charge in [-0.1, -0.05) is 55.3 Å². The number of carbonyl (C=O) groups is 1. The lowest BCUT2D eigenvalue weighted by atomic mass is 10.2. The average molecular weight is 465 g/mol. The Morgan fingerprint density at radius 1 is 1.13 bits per heavy atom. The van der Waals surface area contributed by atoms with Crippen molar-refractivity contribution < 1.29 is 9.53 Å². The SMILES string of the molecule is CCCCCOC(=O)CSc1nc2c(c(=O)n(Cc3ccc(Cl)cc3)c(=O)n2C)n1C. The van der Waals surface area contributed by atoms with Gasteiger partial charge in [-0.3, -0.25) is 18.7 Å². The molecule has 8 nitrogen and oxygen atoms in total.